The first kappa shape index (κ1) is 20.8. The maximum atomic E-state index is 12.5. The highest BCUT2D eigenvalue weighted by Gasteiger charge is 2.38. The number of carboxylic acids is 1. The highest BCUT2D eigenvalue weighted by Crippen LogP contribution is 2.39. The van der Waals surface area contributed by atoms with Crippen molar-refractivity contribution < 1.29 is 24.2 Å². The molecule has 5 rings (SSSR count). The number of urea groups is 1. The van der Waals surface area contributed by atoms with E-state index in [1.54, 1.807) is 65.6 Å². The highest BCUT2D eigenvalue weighted by atomic mass is 16.5. The topological polar surface area (TPSA) is 132 Å². The molecule has 0 saturated carbocycles. The minimum absolute atomic E-state index is 0.109. The molecule has 9 nitrogen and oxygen atoms in total. The number of carbonyl (C=O) groups excluding carboxylic acids is 2. The van der Waals surface area contributed by atoms with Crippen molar-refractivity contribution in [3.8, 4) is 17.6 Å². The number of nitrogens with zero attached hydrogens (tertiary/aromatic N) is 2. The first-order valence-corrected chi connectivity index (χ1v) is 10.2. The molecule has 3 amide bonds. The molecule has 3 aromatic rings. The summed E-state index contributed by atoms with van der Waals surface area (Å²) in [5.41, 5.74) is 2.94. The fourth-order valence-electron chi connectivity index (χ4n) is 3.93. The molecule has 0 spiro atoms. The van der Waals surface area contributed by atoms with Crippen LogP contribution in [-0.2, 0) is 4.79 Å². The minimum Gasteiger partial charge on any atom is -0.478 e. The quantitative estimate of drug-likeness (QED) is 0.549. The van der Waals surface area contributed by atoms with Gasteiger partial charge in [0.2, 0.25) is 0 Å². The molecule has 0 aromatic heterocycles. The van der Waals surface area contributed by atoms with Crippen LogP contribution < -0.4 is 20.3 Å². The Morgan fingerprint density at radius 2 is 1.82 bits per heavy atom. The molecule has 2 heterocycles. The van der Waals surface area contributed by atoms with Gasteiger partial charge in [0.15, 0.2) is 0 Å². The molecule has 1 fully saturated rings. The van der Waals surface area contributed by atoms with Gasteiger partial charge < -0.3 is 20.1 Å². The molecule has 0 radical (unpaired) electrons. The van der Waals surface area contributed by atoms with Crippen LogP contribution in [-0.4, -0.2) is 29.2 Å². The summed E-state index contributed by atoms with van der Waals surface area (Å²) >= 11 is 0. The van der Waals surface area contributed by atoms with Crippen LogP contribution in [0, 0.1) is 11.3 Å². The van der Waals surface area contributed by atoms with Crippen molar-refractivity contribution in [2.75, 3.05) is 4.90 Å². The monoisotopic (exact) mass is 452 g/mol. The molecule has 3 aromatic carbocycles. The zero-order chi connectivity index (χ0) is 23.8. The van der Waals surface area contributed by atoms with Crippen molar-refractivity contribution in [1.82, 2.24) is 10.6 Å². The molecule has 1 saturated heterocycles. The van der Waals surface area contributed by atoms with Crippen LogP contribution in [0.1, 0.15) is 21.5 Å². The molecular formula is C25H16N4O5. The third-order valence-corrected chi connectivity index (χ3v) is 5.47. The van der Waals surface area contributed by atoms with Gasteiger partial charge in [0.25, 0.3) is 5.91 Å². The van der Waals surface area contributed by atoms with Crippen LogP contribution in [0.3, 0.4) is 0 Å². The van der Waals surface area contributed by atoms with Crippen LogP contribution >= 0.6 is 0 Å². The zero-order valence-electron chi connectivity index (χ0n) is 17.5. The number of hydrogen-bond donors (Lipinski definition) is 3. The smallest absolute Gasteiger partial charge is 0.335 e. The first-order chi connectivity index (χ1) is 16.4. The van der Waals surface area contributed by atoms with E-state index >= 15 is 0 Å². The molecule has 166 valence electrons. The van der Waals surface area contributed by atoms with Crippen LogP contribution in [0.4, 0.5) is 16.2 Å². The Morgan fingerprint density at radius 3 is 2.56 bits per heavy atom. The average Bonchev–Trinajstić information content (AvgIpc) is 2.83. The molecule has 34 heavy (non-hydrogen) atoms. The Kier molecular flexibility index (Phi) is 4.96. The van der Waals surface area contributed by atoms with Gasteiger partial charge in [0, 0.05) is 5.69 Å². The van der Waals surface area contributed by atoms with E-state index in [1.165, 1.54) is 12.1 Å². The summed E-state index contributed by atoms with van der Waals surface area (Å²) in [5, 5.41) is 23.6. The summed E-state index contributed by atoms with van der Waals surface area (Å²) in [5.74, 6) is -0.706. The molecule has 1 unspecified atom stereocenters. The zero-order valence-corrected chi connectivity index (χ0v) is 17.5. The number of hydrogen-bond acceptors (Lipinski definition) is 6. The second kappa shape index (κ2) is 8.11. The number of imide groups is 1. The van der Waals surface area contributed by atoms with E-state index in [1.807, 2.05) is 0 Å². The van der Waals surface area contributed by atoms with Gasteiger partial charge in [-0.25, -0.2) is 9.59 Å². The van der Waals surface area contributed by atoms with E-state index in [2.05, 4.69) is 16.7 Å². The number of aromatic carboxylic acids is 1. The average molecular weight is 452 g/mol. The third kappa shape index (κ3) is 3.69. The maximum absolute atomic E-state index is 12.5. The summed E-state index contributed by atoms with van der Waals surface area (Å²) < 4.78 is 5.79. The molecule has 2 aliphatic rings. The maximum Gasteiger partial charge on any atom is 0.335 e. The summed E-state index contributed by atoms with van der Waals surface area (Å²) in [6, 6.07) is 19.6. The Balaban J connectivity index is 1.52. The van der Waals surface area contributed by atoms with Crippen molar-refractivity contribution in [3.63, 3.8) is 0 Å². The van der Waals surface area contributed by atoms with E-state index in [0.717, 1.165) is 5.56 Å². The highest BCUT2D eigenvalue weighted by molar-refractivity contribution is 6.12. The van der Waals surface area contributed by atoms with Crippen molar-refractivity contribution in [2.45, 2.75) is 6.17 Å². The lowest BCUT2D eigenvalue weighted by molar-refractivity contribution is -0.117. The van der Waals surface area contributed by atoms with Gasteiger partial charge in [-0.2, -0.15) is 5.26 Å². The Labute approximate surface area is 193 Å². The molecule has 3 N–H and O–H groups in total. The van der Waals surface area contributed by atoms with Gasteiger partial charge in [-0.1, -0.05) is 12.1 Å². The van der Waals surface area contributed by atoms with Gasteiger partial charge in [-0.05, 0) is 66.2 Å². The minimum atomic E-state index is -1.05. The lowest BCUT2D eigenvalue weighted by atomic mass is 9.96. The molecule has 2 aliphatic heterocycles. The molecule has 0 bridgehead atoms. The lowest BCUT2D eigenvalue weighted by Crippen LogP contribution is -2.60. The summed E-state index contributed by atoms with van der Waals surface area (Å²) in [6.45, 7) is 0. The SMILES string of the molecule is N#Cc1ccc2c(c1)N(c1ccc(Oc3cccc(C(=O)O)c3)cc1)C1NC(=O)NC(=O)C1=C2. The largest absolute Gasteiger partial charge is 0.478 e. The lowest BCUT2D eigenvalue weighted by Gasteiger charge is -2.41. The van der Waals surface area contributed by atoms with Crippen molar-refractivity contribution in [2.24, 2.45) is 0 Å². The van der Waals surface area contributed by atoms with E-state index in [4.69, 9.17) is 9.84 Å². The van der Waals surface area contributed by atoms with Crippen molar-refractivity contribution >= 4 is 35.4 Å². The fraction of sp³-hybridized carbons (Fsp3) is 0.0400. The van der Waals surface area contributed by atoms with Gasteiger partial charge in [-0.15, -0.1) is 0 Å². The van der Waals surface area contributed by atoms with Crippen molar-refractivity contribution in [1.29, 1.82) is 5.26 Å². The number of ether oxygens (including phenoxy) is 1. The van der Waals surface area contributed by atoms with E-state index in [9.17, 15) is 19.6 Å². The number of carboxylic acid groups (broad SMARTS) is 1. The number of anilines is 2. The Morgan fingerprint density at radius 1 is 1.03 bits per heavy atom. The van der Waals surface area contributed by atoms with Gasteiger partial charge >= 0.3 is 12.0 Å². The van der Waals surface area contributed by atoms with Gasteiger partial charge in [0.1, 0.15) is 17.7 Å². The van der Waals surface area contributed by atoms with Gasteiger partial charge in [-0.3, -0.25) is 10.1 Å². The predicted molar refractivity (Wildman–Crippen MR) is 122 cm³/mol. The number of nitriles is 1. The second-order valence-electron chi connectivity index (χ2n) is 7.61. The molecular weight excluding hydrogens is 436 g/mol. The molecule has 1 atom stereocenters. The van der Waals surface area contributed by atoms with Crippen LogP contribution in [0.5, 0.6) is 11.5 Å². The van der Waals surface area contributed by atoms with Gasteiger partial charge in [0.05, 0.1) is 28.5 Å². The number of rotatable bonds is 4. The van der Waals surface area contributed by atoms with Crippen molar-refractivity contribution in [3.05, 3.63) is 89.0 Å². The Bertz CT molecular complexity index is 1420. The van der Waals surface area contributed by atoms with E-state index in [0.29, 0.717) is 34.0 Å². The summed E-state index contributed by atoms with van der Waals surface area (Å²) in [6.07, 6.45) is 0.931. The first-order valence-electron chi connectivity index (χ1n) is 10.2. The number of amides is 3. The van der Waals surface area contributed by atoms with E-state index in [-0.39, 0.29) is 5.56 Å². The standard InChI is InChI=1S/C25H16N4O5/c26-13-14-4-5-15-12-20-22(27-25(33)28-23(20)30)29(21(15)10-14)17-6-8-18(9-7-17)34-19-3-1-2-16(11-19)24(31)32/h1-12,22H,(H,31,32)(H2,27,28,30,33). The Hall–Kier alpha value is -5.10. The number of benzene rings is 3. The predicted octanol–water partition coefficient (Wildman–Crippen LogP) is 3.75. The molecule has 9 heteroatoms. The number of nitrogens with one attached hydrogen (secondary N) is 2. The van der Waals surface area contributed by atoms with Crippen LogP contribution in [0.2, 0.25) is 0 Å². The van der Waals surface area contributed by atoms with Crippen LogP contribution in [0.15, 0.2) is 72.3 Å². The normalized spacial score (nSPS) is 16.3. The second-order valence-corrected chi connectivity index (χ2v) is 7.61. The summed E-state index contributed by atoms with van der Waals surface area (Å²) in [4.78, 5) is 37.5. The fourth-order valence-corrected chi connectivity index (χ4v) is 3.93. The number of carbonyl (C=O) groups is 3. The third-order valence-electron chi connectivity index (χ3n) is 5.47. The molecule has 0 aliphatic carbocycles. The number of fused-ring (bicyclic) bond motifs is 2. The van der Waals surface area contributed by atoms with E-state index < -0.39 is 24.1 Å². The summed E-state index contributed by atoms with van der Waals surface area (Å²) in [7, 11) is 0. The van der Waals surface area contributed by atoms with Crippen LogP contribution in [0.25, 0.3) is 6.08 Å².